The maximum Gasteiger partial charge on any atom is 0.274 e. The molecule has 0 unspecified atom stereocenters. The van der Waals surface area contributed by atoms with Gasteiger partial charge in [0.15, 0.2) is 5.69 Å². The second kappa shape index (κ2) is 5.27. The van der Waals surface area contributed by atoms with Crippen molar-refractivity contribution >= 4 is 5.91 Å². The van der Waals surface area contributed by atoms with Crippen molar-refractivity contribution in [3.8, 4) is 5.75 Å². The van der Waals surface area contributed by atoms with E-state index in [1.807, 2.05) is 19.1 Å². The van der Waals surface area contributed by atoms with Crippen LogP contribution in [-0.2, 0) is 6.54 Å². The lowest BCUT2D eigenvalue weighted by molar-refractivity contribution is 0.0942. The molecule has 1 amide bonds. The molecule has 0 spiro atoms. The fourth-order valence-electron chi connectivity index (χ4n) is 1.52. The number of nitrogens with zero attached hydrogens (tertiary/aromatic N) is 2. The summed E-state index contributed by atoms with van der Waals surface area (Å²) >= 11 is 0. The summed E-state index contributed by atoms with van der Waals surface area (Å²) in [6.45, 7) is 2.23. The molecule has 0 saturated carbocycles. The van der Waals surface area contributed by atoms with Gasteiger partial charge in [-0.2, -0.15) is 0 Å². The standard InChI is InChI=1S/C13H13N3O2/c1-9-4-2-6-14-10(9)8-16-13(18)12-11(17)5-3-7-15-12/h2-7,17H,8H2,1H3,(H,16,18). The number of carbonyl (C=O) groups is 1. The van der Waals surface area contributed by atoms with Gasteiger partial charge >= 0.3 is 0 Å². The first-order chi connectivity index (χ1) is 8.68. The lowest BCUT2D eigenvalue weighted by Crippen LogP contribution is -2.24. The van der Waals surface area contributed by atoms with Gasteiger partial charge in [-0.25, -0.2) is 4.98 Å². The average Bonchev–Trinajstić information content (AvgIpc) is 2.38. The fraction of sp³-hybridized carbons (Fsp3) is 0.154. The fourth-order valence-corrected chi connectivity index (χ4v) is 1.52. The lowest BCUT2D eigenvalue weighted by Gasteiger charge is -2.07. The summed E-state index contributed by atoms with van der Waals surface area (Å²) in [5, 5.41) is 12.2. The smallest absolute Gasteiger partial charge is 0.274 e. The first kappa shape index (κ1) is 12.0. The van der Waals surface area contributed by atoms with E-state index >= 15 is 0 Å². The summed E-state index contributed by atoms with van der Waals surface area (Å²) in [5.41, 5.74) is 1.82. The molecule has 0 fully saturated rings. The highest BCUT2D eigenvalue weighted by atomic mass is 16.3. The highest BCUT2D eigenvalue weighted by molar-refractivity contribution is 5.94. The van der Waals surface area contributed by atoms with Crippen LogP contribution in [0.15, 0.2) is 36.7 Å². The van der Waals surface area contributed by atoms with E-state index in [2.05, 4.69) is 15.3 Å². The van der Waals surface area contributed by atoms with Crippen molar-refractivity contribution in [3.05, 3.63) is 53.6 Å². The SMILES string of the molecule is Cc1cccnc1CNC(=O)c1ncccc1O. The largest absolute Gasteiger partial charge is 0.505 e. The van der Waals surface area contributed by atoms with Crippen LogP contribution in [0.1, 0.15) is 21.7 Å². The minimum atomic E-state index is -0.418. The monoisotopic (exact) mass is 243 g/mol. The molecule has 2 N–H and O–H groups in total. The van der Waals surface area contributed by atoms with E-state index in [1.54, 1.807) is 12.3 Å². The third-order valence-electron chi connectivity index (χ3n) is 2.54. The molecule has 2 rings (SSSR count). The summed E-state index contributed by atoms with van der Waals surface area (Å²) in [5.74, 6) is -0.550. The van der Waals surface area contributed by atoms with Crippen LogP contribution in [0.2, 0.25) is 0 Å². The second-order valence-corrected chi connectivity index (χ2v) is 3.82. The summed E-state index contributed by atoms with van der Waals surface area (Å²) in [6.07, 6.45) is 3.13. The van der Waals surface area contributed by atoms with E-state index < -0.39 is 5.91 Å². The van der Waals surface area contributed by atoms with Gasteiger partial charge in [-0.1, -0.05) is 6.07 Å². The third-order valence-corrected chi connectivity index (χ3v) is 2.54. The van der Waals surface area contributed by atoms with Gasteiger partial charge in [0.1, 0.15) is 5.75 Å². The van der Waals surface area contributed by atoms with Gasteiger partial charge in [0.25, 0.3) is 5.91 Å². The van der Waals surface area contributed by atoms with Gasteiger partial charge < -0.3 is 10.4 Å². The Balaban J connectivity index is 2.06. The van der Waals surface area contributed by atoms with Crippen LogP contribution in [0, 0.1) is 6.92 Å². The second-order valence-electron chi connectivity index (χ2n) is 3.82. The zero-order chi connectivity index (χ0) is 13.0. The Morgan fingerprint density at radius 2 is 2.00 bits per heavy atom. The zero-order valence-electron chi connectivity index (χ0n) is 9.92. The molecule has 5 heteroatoms. The Morgan fingerprint density at radius 3 is 2.72 bits per heavy atom. The molecule has 5 nitrogen and oxygen atoms in total. The number of aromatic hydroxyl groups is 1. The van der Waals surface area contributed by atoms with Gasteiger partial charge in [0, 0.05) is 12.4 Å². The Hall–Kier alpha value is -2.43. The molecule has 0 aliphatic carbocycles. The van der Waals surface area contributed by atoms with E-state index in [0.29, 0.717) is 6.54 Å². The molecule has 0 atom stereocenters. The van der Waals surface area contributed by atoms with Crippen molar-refractivity contribution in [2.75, 3.05) is 0 Å². The number of rotatable bonds is 3. The molecule has 2 aromatic rings. The van der Waals surface area contributed by atoms with Crippen molar-refractivity contribution < 1.29 is 9.90 Å². The van der Waals surface area contributed by atoms with Crippen LogP contribution >= 0.6 is 0 Å². The quantitative estimate of drug-likeness (QED) is 0.855. The van der Waals surface area contributed by atoms with E-state index in [-0.39, 0.29) is 11.4 Å². The van der Waals surface area contributed by atoms with Crippen molar-refractivity contribution in [1.82, 2.24) is 15.3 Å². The molecule has 2 aromatic heterocycles. The Kier molecular flexibility index (Phi) is 3.52. The number of pyridine rings is 2. The van der Waals surface area contributed by atoms with Crippen LogP contribution in [0.5, 0.6) is 5.75 Å². The molecule has 0 radical (unpaired) electrons. The van der Waals surface area contributed by atoms with Crippen LogP contribution in [0.3, 0.4) is 0 Å². The first-order valence-corrected chi connectivity index (χ1v) is 5.51. The van der Waals surface area contributed by atoms with E-state index in [9.17, 15) is 9.90 Å². The molecular formula is C13H13N3O2. The van der Waals surface area contributed by atoms with Gasteiger partial charge in [0.05, 0.1) is 12.2 Å². The summed E-state index contributed by atoms with van der Waals surface area (Å²) in [4.78, 5) is 19.8. The minimum absolute atomic E-state index is 0.0195. The highest BCUT2D eigenvalue weighted by Gasteiger charge is 2.12. The summed E-state index contributed by atoms with van der Waals surface area (Å²) in [6, 6.07) is 6.75. The number of hydrogen-bond donors (Lipinski definition) is 2. The van der Waals surface area contributed by atoms with Crippen molar-refractivity contribution in [1.29, 1.82) is 0 Å². The minimum Gasteiger partial charge on any atom is -0.505 e. The molecule has 0 aliphatic heterocycles. The normalized spacial score (nSPS) is 10.1. The van der Waals surface area contributed by atoms with Crippen molar-refractivity contribution in [2.45, 2.75) is 13.5 Å². The van der Waals surface area contributed by atoms with Crippen LogP contribution < -0.4 is 5.32 Å². The number of nitrogens with one attached hydrogen (secondary N) is 1. The van der Waals surface area contributed by atoms with Crippen molar-refractivity contribution in [2.24, 2.45) is 0 Å². The van der Waals surface area contributed by atoms with Gasteiger partial charge in [-0.05, 0) is 30.7 Å². The maximum atomic E-state index is 11.8. The van der Waals surface area contributed by atoms with Crippen LogP contribution in [0.25, 0.3) is 0 Å². The predicted molar refractivity (Wildman–Crippen MR) is 66.0 cm³/mol. The van der Waals surface area contributed by atoms with E-state index in [1.165, 1.54) is 12.3 Å². The molecule has 2 heterocycles. The zero-order valence-corrected chi connectivity index (χ0v) is 9.92. The van der Waals surface area contributed by atoms with Crippen LogP contribution in [0.4, 0.5) is 0 Å². The number of carbonyl (C=O) groups excluding carboxylic acids is 1. The Labute approximate surface area is 105 Å². The first-order valence-electron chi connectivity index (χ1n) is 5.51. The Bertz CT molecular complexity index is 570. The summed E-state index contributed by atoms with van der Waals surface area (Å²) < 4.78 is 0. The number of hydrogen-bond acceptors (Lipinski definition) is 4. The van der Waals surface area contributed by atoms with E-state index in [4.69, 9.17) is 0 Å². The topological polar surface area (TPSA) is 75.1 Å². The van der Waals surface area contributed by atoms with Gasteiger partial charge in [0.2, 0.25) is 0 Å². The molecule has 0 aliphatic rings. The predicted octanol–water partition coefficient (Wildman–Crippen LogP) is 1.42. The molecule has 92 valence electrons. The Morgan fingerprint density at radius 1 is 1.28 bits per heavy atom. The van der Waals surface area contributed by atoms with Crippen LogP contribution in [-0.4, -0.2) is 21.0 Å². The average molecular weight is 243 g/mol. The van der Waals surface area contributed by atoms with Crippen molar-refractivity contribution in [3.63, 3.8) is 0 Å². The number of aryl methyl sites for hydroxylation is 1. The van der Waals surface area contributed by atoms with Gasteiger partial charge in [-0.3, -0.25) is 9.78 Å². The molecule has 0 aromatic carbocycles. The lowest BCUT2D eigenvalue weighted by atomic mass is 10.2. The molecular weight excluding hydrogens is 230 g/mol. The molecule has 0 saturated heterocycles. The maximum absolute atomic E-state index is 11.8. The van der Waals surface area contributed by atoms with E-state index in [0.717, 1.165) is 11.3 Å². The summed E-state index contributed by atoms with van der Waals surface area (Å²) in [7, 11) is 0. The number of amides is 1. The number of aromatic nitrogens is 2. The molecule has 0 bridgehead atoms. The third kappa shape index (κ3) is 2.63. The molecule has 18 heavy (non-hydrogen) atoms. The van der Waals surface area contributed by atoms with Gasteiger partial charge in [-0.15, -0.1) is 0 Å². The highest BCUT2D eigenvalue weighted by Crippen LogP contribution is 2.12.